The highest BCUT2D eigenvalue weighted by Gasteiger charge is 2.39. The molecule has 0 unspecified atom stereocenters. The number of likely N-dealkylation sites (N-methyl/N-ethyl adjacent to an activating group) is 1. The summed E-state index contributed by atoms with van der Waals surface area (Å²) in [5.41, 5.74) is 0. The van der Waals surface area contributed by atoms with Crippen LogP contribution in [0.25, 0.3) is 0 Å². The Balaban J connectivity index is 1.92. The van der Waals surface area contributed by atoms with Crippen LogP contribution in [0.1, 0.15) is 12.8 Å². The molecule has 2 atom stereocenters. The number of alkyl halides is 3. The van der Waals surface area contributed by atoms with Crippen molar-refractivity contribution in [1.29, 1.82) is 0 Å². The second kappa shape index (κ2) is 6.57. The van der Waals surface area contributed by atoms with Gasteiger partial charge in [0.2, 0.25) is 0 Å². The maximum Gasteiger partial charge on any atom is 0.415 e. The van der Waals surface area contributed by atoms with E-state index >= 15 is 0 Å². The lowest BCUT2D eigenvalue weighted by Gasteiger charge is -2.30. The predicted molar refractivity (Wildman–Crippen MR) is 72.0 cm³/mol. The van der Waals surface area contributed by atoms with E-state index in [1.54, 1.807) is 19.3 Å². The average Bonchev–Trinajstić information content (AvgIpc) is 2.86. The number of rotatable bonds is 5. The molecule has 118 valence electrons. The van der Waals surface area contributed by atoms with E-state index in [-0.39, 0.29) is 6.04 Å². The molecule has 1 N–H and O–H groups in total. The normalized spacial score (nSPS) is 21.0. The zero-order valence-corrected chi connectivity index (χ0v) is 11.8. The number of hydrogen-bond donors (Lipinski definition) is 1. The van der Waals surface area contributed by atoms with Crippen LogP contribution < -0.4 is 4.90 Å². The van der Waals surface area contributed by atoms with E-state index in [0.29, 0.717) is 6.54 Å². The molecule has 2 rings (SSSR count). The van der Waals surface area contributed by atoms with Crippen LogP contribution in [-0.2, 0) is 0 Å². The minimum atomic E-state index is -4.57. The smallest absolute Gasteiger partial charge is 0.382 e. The molecule has 0 saturated carbocycles. The Bertz CT molecular complexity index is 443. The Morgan fingerprint density at radius 1 is 1.52 bits per heavy atom. The number of aliphatic hydroxyl groups excluding tert-OH is 1. The number of hydrogen-bond acceptors (Lipinski definition) is 5. The number of halogens is 3. The van der Waals surface area contributed by atoms with Crippen molar-refractivity contribution >= 4 is 5.82 Å². The Morgan fingerprint density at radius 2 is 2.29 bits per heavy atom. The summed E-state index contributed by atoms with van der Waals surface area (Å²) in [6.45, 7) is 0.844. The topological polar surface area (TPSA) is 52.5 Å². The molecule has 1 aliphatic rings. The summed E-state index contributed by atoms with van der Waals surface area (Å²) in [6.07, 6.45) is -3.44. The molecule has 8 heteroatoms. The number of aliphatic hydroxyl groups is 1. The zero-order chi connectivity index (χ0) is 15.5. The van der Waals surface area contributed by atoms with Crippen LogP contribution in [0.3, 0.4) is 0 Å². The third-order valence-electron chi connectivity index (χ3n) is 3.61. The summed E-state index contributed by atoms with van der Waals surface area (Å²) < 4.78 is 37.1. The van der Waals surface area contributed by atoms with E-state index in [4.69, 9.17) is 5.11 Å². The van der Waals surface area contributed by atoms with Crippen LogP contribution >= 0.6 is 0 Å². The molecule has 1 fully saturated rings. The SMILES string of the molecule is CN(C[C@@H]1CCCN1c1cccnn1)C[C@H](O)C(F)(F)F. The van der Waals surface area contributed by atoms with Gasteiger partial charge in [0.05, 0.1) is 0 Å². The highest BCUT2D eigenvalue weighted by atomic mass is 19.4. The standard InChI is InChI=1S/C13H19F3N4O/c1-19(9-11(21)13(14,15)16)8-10-4-3-7-20(10)12-5-2-6-17-18-12/h2,5-6,10-11,21H,3-4,7-9H2,1H3/t10-,11-/m0/s1. The van der Waals surface area contributed by atoms with Gasteiger partial charge in [-0.3, -0.25) is 0 Å². The quantitative estimate of drug-likeness (QED) is 0.888. The Hall–Kier alpha value is -1.41. The second-order valence-electron chi connectivity index (χ2n) is 5.35. The maximum atomic E-state index is 12.4. The minimum absolute atomic E-state index is 0.0899. The molecule has 0 amide bonds. The molecular formula is C13H19F3N4O. The summed E-state index contributed by atoms with van der Waals surface area (Å²) >= 11 is 0. The Labute approximate surface area is 121 Å². The van der Waals surface area contributed by atoms with E-state index in [1.807, 2.05) is 6.07 Å². The molecule has 1 aliphatic heterocycles. The minimum Gasteiger partial charge on any atom is -0.382 e. The molecule has 1 aromatic heterocycles. The van der Waals surface area contributed by atoms with Gasteiger partial charge in [0.25, 0.3) is 0 Å². The van der Waals surface area contributed by atoms with Crippen molar-refractivity contribution in [2.45, 2.75) is 31.2 Å². The fourth-order valence-electron chi connectivity index (χ4n) is 2.61. The Morgan fingerprint density at radius 3 is 2.90 bits per heavy atom. The first-order valence-electron chi connectivity index (χ1n) is 6.85. The summed E-state index contributed by atoms with van der Waals surface area (Å²) in [5, 5.41) is 17.0. The third kappa shape index (κ3) is 4.28. The van der Waals surface area contributed by atoms with Crippen molar-refractivity contribution in [3.05, 3.63) is 18.3 Å². The lowest BCUT2D eigenvalue weighted by atomic mass is 10.2. The number of anilines is 1. The van der Waals surface area contributed by atoms with Crippen molar-refractivity contribution in [3.8, 4) is 0 Å². The average molecular weight is 304 g/mol. The predicted octanol–water partition coefficient (Wildman–Crippen LogP) is 1.30. The van der Waals surface area contributed by atoms with Gasteiger partial charge in [0.1, 0.15) is 0 Å². The summed E-state index contributed by atoms with van der Waals surface area (Å²) in [6, 6.07) is 3.72. The fourth-order valence-corrected chi connectivity index (χ4v) is 2.61. The Kier molecular flexibility index (Phi) is 5.00. The molecule has 0 aromatic carbocycles. The lowest BCUT2D eigenvalue weighted by Crippen LogP contribution is -2.45. The van der Waals surface area contributed by atoms with Crippen LogP contribution in [0.2, 0.25) is 0 Å². The molecule has 2 heterocycles. The van der Waals surface area contributed by atoms with Crippen molar-refractivity contribution in [2.24, 2.45) is 0 Å². The van der Waals surface area contributed by atoms with Crippen molar-refractivity contribution in [1.82, 2.24) is 15.1 Å². The van der Waals surface area contributed by atoms with Crippen molar-refractivity contribution in [3.63, 3.8) is 0 Å². The van der Waals surface area contributed by atoms with Gasteiger partial charge >= 0.3 is 6.18 Å². The van der Waals surface area contributed by atoms with Gasteiger partial charge in [-0.1, -0.05) is 0 Å². The van der Waals surface area contributed by atoms with E-state index in [2.05, 4.69) is 15.1 Å². The van der Waals surface area contributed by atoms with Gasteiger partial charge in [-0.2, -0.15) is 18.3 Å². The van der Waals surface area contributed by atoms with Crippen LogP contribution in [-0.4, -0.2) is 65.2 Å². The summed E-state index contributed by atoms with van der Waals surface area (Å²) in [5.74, 6) is 0.741. The summed E-state index contributed by atoms with van der Waals surface area (Å²) in [4.78, 5) is 3.57. The fraction of sp³-hybridized carbons (Fsp3) is 0.692. The van der Waals surface area contributed by atoms with Gasteiger partial charge in [-0.15, -0.1) is 5.10 Å². The van der Waals surface area contributed by atoms with Gasteiger partial charge in [-0.25, -0.2) is 0 Å². The molecule has 0 radical (unpaired) electrons. The largest absolute Gasteiger partial charge is 0.415 e. The van der Waals surface area contributed by atoms with Crippen LogP contribution in [0.4, 0.5) is 19.0 Å². The van der Waals surface area contributed by atoms with E-state index in [0.717, 1.165) is 25.2 Å². The first kappa shape index (κ1) is 16.0. The molecule has 5 nitrogen and oxygen atoms in total. The number of aromatic nitrogens is 2. The third-order valence-corrected chi connectivity index (χ3v) is 3.61. The molecule has 1 aromatic rings. The van der Waals surface area contributed by atoms with E-state index in [9.17, 15) is 13.2 Å². The van der Waals surface area contributed by atoms with Crippen LogP contribution in [0.5, 0.6) is 0 Å². The highest BCUT2D eigenvalue weighted by molar-refractivity contribution is 5.39. The van der Waals surface area contributed by atoms with E-state index < -0.39 is 18.8 Å². The molecular weight excluding hydrogens is 285 g/mol. The van der Waals surface area contributed by atoms with E-state index in [1.165, 1.54) is 4.90 Å². The van der Waals surface area contributed by atoms with Gasteiger partial charge in [-0.05, 0) is 32.0 Å². The lowest BCUT2D eigenvalue weighted by molar-refractivity contribution is -0.207. The first-order chi connectivity index (χ1) is 9.88. The maximum absolute atomic E-state index is 12.4. The van der Waals surface area contributed by atoms with Crippen LogP contribution in [0, 0.1) is 0 Å². The molecule has 1 saturated heterocycles. The van der Waals surface area contributed by atoms with Gasteiger partial charge < -0.3 is 14.9 Å². The van der Waals surface area contributed by atoms with Gasteiger partial charge in [0.15, 0.2) is 11.9 Å². The zero-order valence-electron chi connectivity index (χ0n) is 11.8. The molecule has 0 spiro atoms. The molecule has 0 bridgehead atoms. The highest BCUT2D eigenvalue weighted by Crippen LogP contribution is 2.24. The van der Waals surface area contributed by atoms with Crippen molar-refractivity contribution in [2.75, 3.05) is 31.6 Å². The van der Waals surface area contributed by atoms with Crippen molar-refractivity contribution < 1.29 is 18.3 Å². The monoisotopic (exact) mass is 304 g/mol. The second-order valence-corrected chi connectivity index (χ2v) is 5.35. The summed E-state index contributed by atoms with van der Waals surface area (Å²) in [7, 11) is 1.59. The molecule has 0 aliphatic carbocycles. The van der Waals surface area contributed by atoms with Crippen LogP contribution in [0.15, 0.2) is 18.3 Å². The van der Waals surface area contributed by atoms with Gasteiger partial charge in [0, 0.05) is 31.9 Å². The number of nitrogens with zero attached hydrogens (tertiary/aromatic N) is 4. The molecule has 21 heavy (non-hydrogen) atoms. The first-order valence-corrected chi connectivity index (χ1v) is 6.85.